The molecule has 6 nitrogen and oxygen atoms in total. The maximum Gasteiger partial charge on any atom is 0.341 e. The number of carbonyl (C=O) groups excluding carboxylic acids is 2. The van der Waals surface area contributed by atoms with Crippen LogP contribution >= 0.6 is 0 Å². The Morgan fingerprint density at radius 1 is 1.12 bits per heavy atom. The lowest BCUT2D eigenvalue weighted by atomic mass is 10.0. The van der Waals surface area contributed by atoms with E-state index in [0.717, 1.165) is 27.7 Å². The van der Waals surface area contributed by atoms with Crippen LogP contribution in [0.5, 0.6) is 0 Å². The van der Waals surface area contributed by atoms with E-state index >= 15 is 0 Å². The van der Waals surface area contributed by atoms with Gasteiger partial charge in [0.1, 0.15) is 22.9 Å². The van der Waals surface area contributed by atoms with Gasteiger partial charge in [0.05, 0.1) is 13.7 Å². The number of furan rings is 1. The number of benzene rings is 2. The number of ether oxygens (including phenoxy) is 1. The second-order valence-electron chi connectivity index (χ2n) is 7.95. The van der Waals surface area contributed by atoms with Crippen LogP contribution in [0, 0.1) is 12.7 Å². The van der Waals surface area contributed by atoms with Gasteiger partial charge in [0, 0.05) is 30.1 Å². The van der Waals surface area contributed by atoms with Gasteiger partial charge in [-0.25, -0.2) is 9.18 Å². The van der Waals surface area contributed by atoms with E-state index in [1.54, 1.807) is 37.1 Å². The predicted molar refractivity (Wildman–Crippen MR) is 123 cm³/mol. The lowest BCUT2D eigenvalue weighted by Crippen LogP contribution is -2.26. The number of nitrogens with zero attached hydrogens (tertiary/aromatic N) is 1. The van der Waals surface area contributed by atoms with Crippen LogP contribution in [0.3, 0.4) is 0 Å². The Kier molecular flexibility index (Phi) is 6.31. The first-order chi connectivity index (χ1) is 15.9. The maximum atomic E-state index is 13.4. The number of para-hydroxylation sites is 1. The van der Waals surface area contributed by atoms with Gasteiger partial charge in [-0.05, 0) is 60.9 Å². The SMILES string of the molecule is COC(=O)c1cc(CN(C)C(=O)CCc2c(-c3ccc(F)cc3)[nH]c3ccccc23)oc1C. The number of H-pyrrole nitrogens is 1. The molecule has 0 radical (unpaired) electrons. The second-order valence-corrected chi connectivity index (χ2v) is 7.95. The molecule has 0 aliphatic carbocycles. The summed E-state index contributed by atoms with van der Waals surface area (Å²) in [6, 6.07) is 15.8. The number of rotatable bonds is 7. The van der Waals surface area contributed by atoms with Crippen molar-refractivity contribution in [3.63, 3.8) is 0 Å². The van der Waals surface area contributed by atoms with Crippen molar-refractivity contribution in [1.29, 1.82) is 0 Å². The number of aryl methyl sites for hydroxylation is 2. The third-order valence-electron chi connectivity index (χ3n) is 5.73. The summed E-state index contributed by atoms with van der Waals surface area (Å²) in [6.45, 7) is 1.93. The molecule has 1 amide bonds. The van der Waals surface area contributed by atoms with E-state index in [0.29, 0.717) is 23.5 Å². The highest BCUT2D eigenvalue weighted by Gasteiger charge is 2.19. The van der Waals surface area contributed by atoms with Gasteiger partial charge in [-0.3, -0.25) is 4.79 Å². The summed E-state index contributed by atoms with van der Waals surface area (Å²) in [5.41, 5.74) is 4.09. The van der Waals surface area contributed by atoms with Crippen LogP contribution < -0.4 is 0 Å². The molecule has 0 fully saturated rings. The fourth-order valence-corrected chi connectivity index (χ4v) is 4.00. The number of fused-ring (bicyclic) bond motifs is 1. The highest BCUT2D eigenvalue weighted by Crippen LogP contribution is 2.31. The summed E-state index contributed by atoms with van der Waals surface area (Å²) in [5, 5.41) is 1.04. The van der Waals surface area contributed by atoms with Crippen molar-refractivity contribution in [3.8, 4) is 11.3 Å². The standard InChI is InChI=1S/C26H25FN2O4/c1-16-22(26(31)32-3)14-19(33-16)15-29(2)24(30)13-12-21-20-6-4-5-7-23(20)28-25(21)17-8-10-18(27)11-9-17/h4-11,14,28H,12-13,15H2,1-3H3. The average molecular weight is 448 g/mol. The van der Waals surface area contributed by atoms with Crippen molar-refractivity contribution >= 4 is 22.8 Å². The van der Waals surface area contributed by atoms with Crippen molar-refractivity contribution in [2.24, 2.45) is 0 Å². The van der Waals surface area contributed by atoms with Gasteiger partial charge in [0.25, 0.3) is 0 Å². The zero-order valence-corrected chi connectivity index (χ0v) is 18.8. The molecule has 170 valence electrons. The summed E-state index contributed by atoms with van der Waals surface area (Å²) < 4.78 is 23.8. The Morgan fingerprint density at radius 2 is 1.85 bits per heavy atom. The number of hydrogen-bond donors (Lipinski definition) is 1. The van der Waals surface area contributed by atoms with Gasteiger partial charge in [0.15, 0.2) is 0 Å². The number of hydrogen-bond acceptors (Lipinski definition) is 4. The number of methoxy groups -OCH3 is 1. The molecule has 1 N–H and O–H groups in total. The topological polar surface area (TPSA) is 75.5 Å². The Labute approximate surface area is 191 Å². The number of esters is 1. The molecular formula is C26H25FN2O4. The minimum absolute atomic E-state index is 0.0565. The smallest absolute Gasteiger partial charge is 0.341 e. The van der Waals surface area contributed by atoms with E-state index in [9.17, 15) is 14.0 Å². The quantitative estimate of drug-likeness (QED) is 0.392. The van der Waals surface area contributed by atoms with Crippen molar-refractivity contribution in [2.45, 2.75) is 26.3 Å². The summed E-state index contributed by atoms with van der Waals surface area (Å²) in [7, 11) is 3.02. The molecular weight excluding hydrogens is 423 g/mol. The van der Waals surface area contributed by atoms with Gasteiger partial charge in [0.2, 0.25) is 5.91 Å². The largest absolute Gasteiger partial charge is 0.465 e. The number of amides is 1. The molecule has 0 aliphatic heterocycles. The van der Waals surface area contributed by atoms with Crippen LogP contribution in [-0.2, 0) is 22.5 Å². The van der Waals surface area contributed by atoms with Gasteiger partial charge in [-0.1, -0.05) is 18.2 Å². The van der Waals surface area contributed by atoms with Crippen LogP contribution in [0.1, 0.15) is 33.9 Å². The van der Waals surface area contributed by atoms with E-state index in [1.807, 2.05) is 24.3 Å². The molecule has 0 aliphatic rings. The molecule has 7 heteroatoms. The first-order valence-corrected chi connectivity index (χ1v) is 10.6. The molecule has 0 saturated carbocycles. The van der Waals surface area contributed by atoms with Crippen molar-refractivity contribution in [1.82, 2.24) is 9.88 Å². The fraction of sp³-hybridized carbons (Fsp3) is 0.231. The van der Waals surface area contributed by atoms with E-state index in [1.165, 1.54) is 19.2 Å². The molecule has 2 heterocycles. The number of carbonyl (C=O) groups is 2. The van der Waals surface area contributed by atoms with Gasteiger partial charge in [-0.15, -0.1) is 0 Å². The summed E-state index contributed by atoms with van der Waals surface area (Å²) >= 11 is 0. The number of nitrogens with one attached hydrogen (secondary N) is 1. The Morgan fingerprint density at radius 3 is 2.58 bits per heavy atom. The van der Waals surface area contributed by atoms with E-state index in [2.05, 4.69) is 4.98 Å². The van der Waals surface area contributed by atoms with Gasteiger partial charge in [-0.2, -0.15) is 0 Å². The zero-order chi connectivity index (χ0) is 23.5. The van der Waals surface area contributed by atoms with E-state index in [-0.39, 0.29) is 24.7 Å². The van der Waals surface area contributed by atoms with E-state index in [4.69, 9.17) is 9.15 Å². The van der Waals surface area contributed by atoms with Crippen LogP contribution in [0.25, 0.3) is 22.2 Å². The molecule has 0 unspecified atom stereocenters. The third-order valence-corrected chi connectivity index (χ3v) is 5.73. The average Bonchev–Trinajstić information content (AvgIpc) is 3.37. The van der Waals surface area contributed by atoms with Crippen LogP contribution in [0.2, 0.25) is 0 Å². The highest BCUT2D eigenvalue weighted by molar-refractivity contribution is 5.92. The zero-order valence-electron chi connectivity index (χ0n) is 18.8. The lowest BCUT2D eigenvalue weighted by molar-refractivity contribution is -0.130. The predicted octanol–water partition coefficient (Wildman–Crippen LogP) is 5.25. The Hall–Kier alpha value is -3.87. The molecule has 0 atom stereocenters. The number of aromatic amines is 1. The molecule has 0 spiro atoms. The first-order valence-electron chi connectivity index (χ1n) is 10.6. The molecule has 2 aromatic carbocycles. The second kappa shape index (κ2) is 9.32. The summed E-state index contributed by atoms with van der Waals surface area (Å²) in [5.74, 6) is 0.156. The minimum Gasteiger partial charge on any atom is -0.465 e. The number of halogens is 1. The van der Waals surface area contributed by atoms with Crippen molar-refractivity contribution < 1.29 is 23.1 Å². The highest BCUT2D eigenvalue weighted by atomic mass is 19.1. The maximum absolute atomic E-state index is 13.4. The van der Waals surface area contributed by atoms with Gasteiger partial charge >= 0.3 is 5.97 Å². The van der Waals surface area contributed by atoms with E-state index < -0.39 is 5.97 Å². The molecule has 4 rings (SSSR count). The normalized spacial score (nSPS) is 11.0. The molecule has 0 bridgehead atoms. The Balaban J connectivity index is 1.51. The minimum atomic E-state index is -0.468. The van der Waals surface area contributed by atoms with Crippen LogP contribution in [0.15, 0.2) is 59.0 Å². The lowest BCUT2D eigenvalue weighted by Gasteiger charge is -2.16. The Bertz CT molecular complexity index is 1300. The van der Waals surface area contributed by atoms with Crippen molar-refractivity contribution in [2.75, 3.05) is 14.2 Å². The summed E-state index contributed by atoms with van der Waals surface area (Å²) in [6.07, 6.45) is 0.806. The summed E-state index contributed by atoms with van der Waals surface area (Å²) in [4.78, 5) is 29.7. The molecule has 2 aromatic heterocycles. The first kappa shape index (κ1) is 22.3. The number of aromatic nitrogens is 1. The van der Waals surface area contributed by atoms with Gasteiger partial charge < -0.3 is 19.0 Å². The molecule has 33 heavy (non-hydrogen) atoms. The fourth-order valence-electron chi connectivity index (χ4n) is 4.00. The monoisotopic (exact) mass is 448 g/mol. The molecule has 0 saturated heterocycles. The third kappa shape index (κ3) is 4.67. The van der Waals surface area contributed by atoms with Crippen molar-refractivity contribution in [3.05, 3.63) is 83.1 Å². The van der Waals surface area contributed by atoms with Crippen LogP contribution in [-0.4, -0.2) is 35.9 Å². The van der Waals surface area contributed by atoms with Crippen LogP contribution in [0.4, 0.5) is 4.39 Å². The molecule has 4 aromatic rings.